The van der Waals surface area contributed by atoms with Crippen LogP contribution in [0.4, 0.5) is 18.0 Å². The highest BCUT2D eigenvalue weighted by Crippen LogP contribution is 2.37. The van der Waals surface area contributed by atoms with E-state index < -0.39 is 23.9 Å². The number of imidazole rings is 1. The maximum Gasteiger partial charge on any atom is 0.437 e. The van der Waals surface area contributed by atoms with E-state index in [0.29, 0.717) is 19.6 Å². The number of hydrogen-bond acceptors (Lipinski definition) is 10. The quantitative estimate of drug-likeness (QED) is 0.367. The van der Waals surface area contributed by atoms with Gasteiger partial charge in [0.05, 0.1) is 36.2 Å². The standard InChI is InChI=1S/C26H23F3N6O7/c27-26(28,29)21-18(14-40-32-21)19-12-31-22-23(30-4-5-35(19)22)41-15-1-2-17(20(36)11-15)24(37)33-6-8-34(9-7-33)25(38)42-16-3-10-39-13-16/h1-2,4-5,11-12,14,16,36H,3,6-10,13H2/t16-/m0/s1. The van der Waals surface area contributed by atoms with E-state index in [2.05, 4.69) is 19.6 Å². The molecule has 0 saturated carbocycles. The Morgan fingerprint density at radius 1 is 1.10 bits per heavy atom. The fraction of sp³-hybridized carbons (Fsp3) is 0.346. The minimum absolute atomic E-state index is 0.0304. The fourth-order valence-corrected chi connectivity index (χ4v) is 4.74. The number of aromatic hydroxyl groups is 1. The average molecular weight is 588 g/mol. The van der Waals surface area contributed by atoms with Crippen LogP contribution in [0.1, 0.15) is 22.5 Å². The predicted octanol–water partition coefficient (Wildman–Crippen LogP) is 3.58. The van der Waals surface area contributed by atoms with Gasteiger partial charge in [0.2, 0.25) is 5.65 Å². The highest BCUT2D eigenvalue weighted by atomic mass is 19.4. The van der Waals surface area contributed by atoms with Gasteiger partial charge in [0.25, 0.3) is 11.8 Å². The van der Waals surface area contributed by atoms with Crippen molar-refractivity contribution in [2.75, 3.05) is 39.4 Å². The van der Waals surface area contributed by atoms with E-state index >= 15 is 0 Å². The van der Waals surface area contributed by atoms with E-state index in [0.717, 1.165) is 6.26 Å². The van der Waals surface area contributed by atoms with E-state index in [-0.39, 0.29) is 72.1 Å². The maximum absolute atomic E-state index is 13.3. The van der Waals surface area contributed by atoms with Crippen molar-refractivity contribution in [3.8, 4) is 28.6 Å². The number of hydrogen-bond donors (Lipinski definition) is 1. The van der Waals surface area contributed by atoms with E-state index in [1.165, 1.54) is 51.0 Å². The molecule has 2 saturated heterocycles. The Labute approximate surface area is 235 Å². The lowest BCUT2D eigenvalue weighted by molar-refractivity contribution is -0.142. The minimum atomic E-state index is -4.74. The number of rotatable bonds is 5. The summed E-state index contributed by atoms with van der Waals surface area (Å²) in [7, 11) is 0. The Morgan fingerprint density at radius 3 is 2.60 bits per heavy atom. The van der Waals surface area contributed by atoms with Crippen LogP contribution in [0, 0.1) is 0 Å². The van der Waals surface area contributed by atoms with Crippen molar-refractivity contribution in [2.45, 2.75) is 18.7 Å². The van der Waals surface area contributed by atoms with Crippen LogP contribution in [0.15, 0.2) is 47.6 Å². The zero-order valence-electron chi connectivity index (χ0n) is 21.8. The minimum Gasteiger partial charge on any atom is -0.507 e. The predicted molar refractivity (Wildman–Crippen MR) is 135 cm³/mol. The third kappa shape index (κ3) is 5.27. The monoisotopic (exact) mass is 588 g/mol. The van der Waals surface area contributed by atoms with Gasteiger partial charge in [-0.15, -0.1) is 0 Å². The van der Waals surface area contributed by atoms with Gasteiger partial charge in [-0.25, -0.2) is 14.8 Å². The van der Waals surface area contributed by atoms with Gasteiger partial charge in [0.1, 0.15) is 23.9 Å². The molecule has 0 bridgehead atoms. The number of ether oxygens (including phenoxy) is 3. The summed E-state index contributed by atoms with van der Waals surface area (Å²) in [6, 6.07) is 4.06. The lowest BCUT2D eigenvalue weighted by atomic mass is 10.1. The van der Waals surface area contributed by atoms with Crippen molar-refractivity contribution in [1.82, 2.24) is 29.3 Å². The molecular formula is C26H23F3N6O7. The van der Waals surface area contributed by atoms with Gasteiger partial charge in [0.15, 0.2) is 5.69 Å². The molecule has 2 aliphatic rings. The van der Waals surface area contributed by atoms with Crippen molar-refractivity contribution < 1.29 is 46.6 Å². The molecule has 0 spiro atoms. The Kier molecular flexibility index (Phi) is 7.06. The van der Waals surface area contributed by atoms with Crippen LogP contribution in [0.3, 0.4) is 0 Å². The molecule has 0 unspecified atom stereocenters. The first-order valence-electron chi connectivity index (χ1n) is 12.9. The molecule has 6 rings (SSSR count). The van der Waals surface area contributed by atoms with Crippen LogP contribution in [0.5, 0.6) is 17.4 Å². The fourth-order valence-electron chi connectivity index (χ4n) is 4.74. The molecule has 2 fully saturated rings. The molecule has 0 radical (unpaired) electrons. The first-order valence-corrected chi connectivity index (χ1v) is 12.9. The SMILES string of the molecule is O=C(O[C@H]1CCOC1)N1CCN(C(=O)c2ccc(Oc3nccn4c(-c5conc5C(F)(F)F)cnc34)cc2O)CC1. The summed E-state index contributed by atoms with van der Waals surface area (Å²) in [6.45, 7) is 2.00. The Balaban J connectivity index is 1.13. The lowest BCUT2D eigenvalue weighted by Crippen LogP contribution is -2.51. The second-order valence-corrected chi connectivity index (χ2v) is 9.57. The summed E-state index contributed by atoms with van der Waals surface area (Å²) < 4.78 is 62.3. The van der Waals surface area contributed by atoms with Gasteiger partial charge in [-0.3, -0.25) is 9.20 Å². The number of carbonyl (C=O) groups excluding carboxylic acids is 2. The zero-order chi connectivity index (χ0) is 29.4. The number of halogens is 3. The van der Waals surface area contributed by atoms with E-state index in [1.54, 1.807) is 0 Å². The average Bonchev–Trinajstić information content (AvgIpc) is 3.74. The van der Waals surface area contributed by atoms with Crippen LogP contribution < -0.4 is 4.74 Å². The largest absolute Gasteiger partial charge is 0.507 e. The first-order chi connectivity index (χ1) is 20.2. The molecule has 220 valence electrons. The van der Waals surface area contributed by atoms with Crippen LogP contribution >= 0.6 is 0 Å². The molecule has 13 nitrogen and oxygen atoms in total. The molecule has 5 heterocycles. The first kappa shape index (κ1) is 27.3. The Hall–Kier alpha value is -4.86. The van der Waals surface area contributed by atoms with Crippen LogP contribution in [-0.2, 0) is 15.7 Å². The topological polar surface area (TPSA) is 145 Å². The Bertz CT molecular complexity index is 1620. The number of nitrogens with zero attached hydrogens (tertiary/aromatic N) is 6. The van der Waals surface area contributed by atoms with Gasteiger partial charge in [0, 0.05) is 51.1 Å². The second kappa shape index (κ2) is 10.8. The van der Waals surface area contributed by atoms with Crippen LogP contribution in [0.2, 0.25) is 0 Å². The van der Waals surface area contributed by atoms with E-state index in [4.69, 9.17) is 14.2 Å². The summed E-state index contributed by atoms with van der Waals surface area (Å²) in [5, 5.41) is 13.7. The zero-order valence-corrected chi connectivity index (χ0v) is 21.8. The summed E-state index contributed by atoms with van der Waals surface area (Å²) in [4.78, 5) is 36.8. The van der Waals surface area contributed by atoms with Gasteiger partial charge >= 0.3 is 12.3 Å². The molecule has 4 aromatic rings. The normalized spacial score (nSPS) is 17.5. The number of carbonyl (C=O) groups is 2. The van der Waals surface area contributed by atoms with Crippen molar-refractivity contribution in [3.05, 3.63) is 54.3 Å². The van der Waals surface area contributed by atoms with Gasteiger partial charge in [-0.05, 0) is 12.1 Å². The van der Waals surface area contributed by atoms with E-state index in [9.17, 15) is 27.9 Å². The molecule has 16 heteroatoms. The molecule has 3 aromatic heterocycles. The third-order valence-corrected chi connectivity index (χ3v) is 6.90. The second-order valence-electron chi connectivity index (χ2n) is 9.57. The lowest BCUT2D eigenvalue weighted by Gasteiger charge is -2.34. The molecule has 1 atom stereocenters. The van der Waals surface area contributed by atoms with Gasteiger partial charge in [-0.1, -0.05) is 5.16 Å². The van der Waals surface area contributed by atoms with Crippen LogP contribution in [-0.4, -0.2) is 91.9 Å². The molecule has 42 heavy (non-hydrogen) atoms. The molecule has 0 aliphatic carbocycles. The van der Waals surface area contributed by atoms with E-state index in [1.807, 2.05) is 0 Å². The highest BCUT2D eigenvalue weighted by Gasteiger charge is 2.39. The highest BCUT2D eigenvalue weighted by molar-refractivity contribution is 5.97. The Morgan fingerprint density at radius 2 is 1.88 bits per heavy atom. The number of alkyl halides is 3. The summed E-state index contributed by atoms with van der Waals surface area (Å²) in [5.74, 6) is -0.725. The van der Waals surface area contributed by atoms with Gasteiger partial charge in [-0.2, -0.15) is 13.2 Å². The van der Waals surface area contributed by atoms with Crippen molar-refractivity contribution in [3.63, 3.8) is 0 Å². The summed E-state index contributed by atoms with van der Waals surface area (Å²) in [6.07, 6.45) is -0.00154. The molecule has 2 aliphatic heterocycles. The van der Waals surface area contributed by atoms with Gasteiger partial charge < -0.3 is 33.6 Å². The number of benzene rings is 1. The van der Waals surface area contributed by atoms with Crippen molar-refractivity contribution in [2.24, 2.45) is 0 Å². The van der Waals surface area contributed by atoms with Crippen molar-refractivity contribution in [1.29, 1.82) is 0 Å². The molecule has 1 aromatic carbocycles. The van der Waals surface area contributed by atoms with Crippen molar-refractivity contribution >= 4 is 17.6 Å². The number of amides is 2. The summed E-state index contributed by atoms with van der Waals surface area (Å²) in [5.41, 5.74) is -1.33. The number of phenolic OH excluding ortho intramolecular Hbond substituents is 1. The molecule has 2 amide bonds. The number of phenols is 1. The third-order valence-electron chi connectivity index (χ3n) is 6.90. The molecule has 1 N–H and O–H groups in total. The number of aromatic nitrogens is 4. The number of piperazine rings is 1. The van der Waals surface area contributed by atoms with Crippen LogP contribution in [0.25, 0.3) is 16.9 Å². The summed E-state index contributed by atoms with van der Waals surface area (Å²) >= 11 is 0. The number of fused-ring (bicyclic) bond motifs is 1. The maximum atomic E-state index is 13.3. The molecular weight excluding hydrogens is 565 g/mol. The smallest absolute Gasteiger partial charge is 0.437 e.